The number of terminal acetylenes is 1. The number of hydrogen-bond acceptors (Lipinski definition) is 0. The topological polar surface area (TPSA) is 15.8 Å². The Morgan fingerprint density at radius 1 is 1.36 bits per heavy atom. The van der Waals surface area contributed by atoms with Gasteiger partial charge in [-0.25, -0.2) is 0 Å². The number of aromatic nitrogens is 1. The number of aromatic amines is 1. The van der Waals surface area contributed by atoms with Gasteiger partial charge in [-0.2, -0.15) is 0 Å². The van der Waals surface area contributed by atoms with Crippen LogP contribution in [0.1, 0.15) is 12.1 Å². The molecule has 70 valence electrons. The van der Waals surface area contributed by atoms with Crippen molar-refractivity contribution in [3.05, 3.63) is 34.4 Å². The van der Waals surface area contributed by atoms with Crippen LogP contribution in [0.4, 0.5) is 0 Å². The van der Waals surface area contributed by atoms with E-state index in [1.807, 2.05) is 6.07 Å². The molecule has 0 unspecified atom stereocenters. The summed E-state index contributed by atoms with van der Waals surface area (Å²) in [5, 5.41) is 1.23. The van der Waals surface area contributed by atoms with Crippen LogP contribution < -0.4 is 0 Å². The molecule has 1 nitrogen and oxygen atoms in total. The summed E-state index contributed by atoms with van der Waals surface area (Å²) >= 11 is 3.45. The van der Waals surface area contributed by atoms with E-state index in [4.69, 9.17) is 6.42 Å². The molecule has 1 aromatic heterocycles. The van der Waals surface area contributed by atoms with Crippen LogP contribution >= 0.6 is 15.9 Å². The fraction of sp³-hybridized carbons (Fsp3) is 0.167. The van der Waals surface area contributed by atoms with Gasteiger partial charge in [-0.3, -0.25) is 0 Å². The summed E-state index contributed by atoms with van der Waals surface area (Å²) in [5.41, 5.74) is 2.37. The number of H-pyrrole nitrogens is 1. The molecule has 1 aromatic carbocycles. The third kappa shape index (κ3) is 1.83. The normalized spacial score (nSPS) is 10.3. The minimum Gasteiger partial charge on any atom is -0.358 e. The molecule has 0 aliphatic heterocycles. The predicted octanol–water partition coefficient (Wildman–Crippen LogP) is 3.50. The second-order valence-electron chi connectivity index (χ2n) is 3.23. The highest BCUT2D eigenvalue weighted by Gasteiger charge is 2.00. The molecule has 0 saturated carbocycles. The second-order valence-corrected chi connectivity index (χ2v) is 4.15. The van der Waals surface area contributed by atoms with E-state index in [1.165, 1.54) is 16.6 Å². The van der Waals surface area contributed by atoms with Gasteiger partial charge in [0, 0.05) is 27.5 Å². The lowest BCUT2D eigenvalue weighted by Gasteiger charge is -1.90. The van der Waals surface area contributed by atoms with E-state index in [2.05, 4.69) is 45.0 Å². The van der Waals surface area contributed by atoms with E-state index in [-0.39, 0.29) is 0 Å². The summed E-state index contributed by atoms with van der Waals surface area (Å²) in [5.74, 6) is 2.64. The number of fused-ring (bicyclic) bond motifs is 1. The van der Waals surface area contributed by atoms with Crippen molar-refractivity contribution in [2.75, 3.05) is 0 Å². The smallest absolute Gasteiger partial charge is 0.0456 e. The first-order valence-electron chi connectivity index (χ1n) is 4.50. The summed E-state index contributed by atoms with van der Waals surface area (Å²) in [7, 11) is 0. The first-order chi connectivity index (χ1) is 6.79. The highest BCUT2D eigenvalue weighted by Crippen LogP contribution is 2.20. The van der Waals surface area contributed by atoms with E-state index >= 15 is 0 Å². The Morgan fingerprint density at radius 2 is 2.21 bits per heavy atom. The maximum atomic E-state index is 5.22. The molecule has 1 heterocycles. The van der Waals surface area contributed by atoms with Crippen molar-refractivity contribution < 1.29 is 0 Å². The summed E-state index contributed by atoms with van der Waals surface area (Å²) < 4.78 is 1.10. The average molecular weight is 248 g/mol. The molecule has 2 aromatic rings. The molecule has 2 heteroatoms. The molecule has 0 amide bonds. The zero-order valence-electron chi connectivity index (χ0n) is 7.68. The van der Waals surface area contributed by atoms with Crippen LogP contribution in [0.15, 0.2) is 28.7 Å². The van der Waals surface area contributed by atoms with Crippen molar-refractivity contribution in [3.63, 3.8) is 0 Å². The van der Waals surface area contributed by atoms with Crippen LogP contribution in [0, 0.1) is 12.3 Å². The lowest BCUT2D eigenvalue weighted by molar-refractivity contribution is 0.987. The van der Waals surface area contributed by atoms with Crippen molar-refractivity contribution in [3.8, 4) is 12.3 Å². The van der Waals surface area contributed by atoms with E-state index in [1.54, 1.807) is 0 Å². The van der Waals surface area contributed by atoms with Gasteiger partial charge in [0.2, 0.25) is 0 Å². The molecule has 0 aliphatic rings. The van der Waals surface area contributed by atoms with Crippen LogP contribution in [-0.4, -0.2) is 4.98 Å². The SMILES string of the molecule is C#CCCc1cc2cc(Br)ccc2[nH]1. The molecule has 0 fully saturated rings. The Labute approximate surface area is 91.6 Å². The first kappa shape index (κ1) is 9.36. The molecule has 0 aliphatic carbocycles. The molecule has 1 N–H and O–H groups in total. The highest BCUT2D eigenvalue weighted by molar-refractivity contribution is 9.10. The zero-order chi connectivity index (χ0) is 9.97. The third-order valence-corrected chi connectivity index (χ3v) is 2.67. The van der Waals surface area contributed by atoms with Gasteiger partial charge in [0.15, 0.2) is 0 Å². The zero-order valence-corrected chi connectivity index (χ0v) is 9.26. The molecule has 0 saturated heterocycles. The molecule has 0 bridgehead atoms. The largest absolute Gasteiger partial charge is 0.358 e. The standard InChI is InChI=1S/C12H10BrN/c1-2-3-4-11-8-9-7-10(13)5-6-12(9)14-11/h1,5-8,14H,3-4H2. The number of nitrogens with one attached hydrogen (secondary N) is 1. The fourth-order valence-electron chi connectivity index (χ4n) is 1.51. The molecule has 0 radical (unpaired) electrons. The first-order valence-corrected chi connectivity index (χ1v) is 5.29. The Morgan fingerprint density at radius 3 is 3.00 bits per heavy atom. The van der Waals surface area contributed by atoms with Crippen LogP contribution in [0.3, 0.4) is 0 Å². The van der Waals surface area contributed by atoms with Crippen LogP contribution in [0.5, 0.6) is 0 Å². The van der Waals surface area contributed by atoms with Gasteiger partial charge in [0.05, 0.1) is 0 Å². The molecule has 2 rings (SSSR count). The van der Waals surface area contributed by atoms with Gasteiger partial charge in [0.1, 0.15) is 0 Å². The van der Waals surface area contributed by atoms with Crippen LogP contribution in [0.25, 0.3) is 10.9 Å². The van der Waals surface area contributed by atoms with Crippen molar-refractivity contribution >= 4 is 26.8 Å². The fourth-order valence-corrected chi connectivity index (χ4v) is 1.88. The molecule has 14 heavy (non-hydrogen) atoms. The highest BCUT2D eigenvalue weighted by atomic mass is 79.9. The van der Waals surface area contributed by atoms with Gasteiger partial charge in [-0.05, 0) is 30.7 Å². The van der Waals surface area contributed by atoms with Gasteiger partial charge in [-0.15, -0.1) is 12.3 Å². The molecular formula is C12H10BrN. The van der Waals surface area contributed by atoms with Crippen molar-refractivity contribution in [1.29, 1.82) is 0 Å². The Bertz CT molecular complexity index is 490. The lowest BCUT2D eigenvalue weighted by Crippen LogP contribution is -1.81. The Balaban J connectivity index is 2.37. The Kier molecular flexibility index (Phi) is 2.60. The molecule has 0 spiro atoms. The minimum atomic E-state index is 0.786. The summed E-state index contributed by atoms with van der Waals surface area (Å²) in [6, 6.07) is 8.35. The summed E-state index contributed by atoms with van der Waals surface area (Å²) in [6.07, 6.45) is 6.93. The third-order valence-electron chi connectivity index (χ3n) is 2.18. The van der Waals surface area contributed by atoms with Crippen molar-refractivity contribution in [2.45, 2.75) is 12.8 Å². The van der Waals surface area contributed by atoms with Gasteiger partial charge < -0.3 is 4.98 Å². The molecular weight excluding hydrogens is 238 g/mol. The van der Waals surface area contributed by atoms with E-state index in [9.17, 15) is 0 Å². The quantitative estimate of drug-likeness (QED) is 0.783. The van der Waals surface area contributed by atoms with Crippen LogP contribution in [-0.2, 0) is 6.42 Å². The van der Waals surface area contributed by atoms with Gasteiger partial charge in [0.25, 0.3) is 0 Å². The number of benzene rings is 1. The van der Waals surface area contributed by atoms with Crippen molar-refractivity contribution in [1.82, 2.24) is 4.98 Å². The maximum absolute atomic E-state index is 5.22. The Hall–Kier alpha value is -1.20. The van der Waals surface area contributed by atoms with Crippen LogP contribution in [0.2, 0.25) is 0 Å². The van der Waals surface area contributed by atoms with Gasteiger partial charge >= 0.3 is 0 Å². The van der Waals surface area contributed by atoms with Crippen molar-refractivity contribution in [2.24, 2.45) is 0 Å². The summed E-state index contributed by atoms with van der Waals surface area (Å²) in [4.78, 5) is 3.34. The monoisotopic (exact) mass is 247 g/mol. The summed E-state index contributed by atoms with van der Waals surface area (Å²) in [6.45, 7) is 0. The van der Waals surface area contributed by atoms with E-state index < -0.39 is 0 Å². The maximum Gasteiger partial charge on any atom is 0.0456 e. The number of aryl methyl sites for hydroxylation is 1. The van der Waals surface area contributed by atoms with Gasteiger partial charge in [-0.1, -0.05) is 15.9 Å². The number of hydrogen-bond donors (Lipinski definition) is 1. The predicted molar refractivity (Wildman–Crippen MR) is 63.2 cm³/mol. The number of rotatable bonds is 2. The molecule has 0 atom stereocenters. The second kappa shape index (κ2) is 3.89. The number of halogens is 1. The average Bonchev–Trinajstić information content (AvgIpc) is 2.56. The lowest BCUT2D eigenvalue weighted by atomic mass is 10.2. The van der Waals surface area contributed by atoms with E-state index in [0.29, 0.717) is 0 Å². The van der Waals surface area contributed by atoms with E-state index in [0.717, 1.165) is 17.3 Å². The minimum absolute atomic E-state index is 0.786.